The lowest BCUT2D eigenvalue weighted by molar-refractivity contribution is 0.0752. The second-order valence-electron chi connectivity index (χ2n) is 4.01. The van der Waals surface area contributed by atoms with Crippen LogP contribution in [0.4, 0.5) is 5.69 Å². The molecule has 0 unspecified atom stereocenters. The molecule has 1 aromatic heterocycles. The fraction of sp³-hybridized carbons (Fsp3) is 0.154. The smallest absolute Gasteiger partial charge is 0.289 e. The molecular formula is C13H13BrN2O2. The Morgan fingerprint density at radius 3 is 2.78 bits per heavy atom. The van der Waals surface area contributed by atoms with Crippen molar-refractivity contribution in [3.05, 3.63) is 52.4 Å². The zero-order valence-electron chi connectivity index (χ0n) is 9.89. The molecule has 2 rings (SSSR count). The van der Waals surface area contributed by atoms with E-state index in [1.165, 1.54) is 0 Å². The van der Waals surface area contributed by atoms with Gasteiger partial charge in [0.15, 0.2) is 10.4 Å². The minimum atomic E-state index is -0.164. The molecule has 18 heavy (non-hydrogen) atoms. The van der Waals surface area contributed by atoms with Gasteiger partial charge in [-0.1, -0.05) is 12.1 Å². The molecule has 0 aliphatic carbocycles. The summed E-state index contributed by atoms with van der Waals surface area (Å²) in [7, 11) is 1.72. The van der Waals surface area contributed by atoms with Gasteiger partial charge in [0.25, 0.3) is 5.91 Å². The number of rotatable bonds is 3. The van der Waals surface area contributed by atoms with Crippen LogP contribution in [0, 0.1) is 0 Å². The quantitative estimate of drug-likeness (QED) is 0.887. The van der Waals surface area contributed by atoms with Gasteiger partial charge in [0.2, 0.25) is 0 Å². The van der Waals surface area contributed by atoms with Gasteiger partial charge in [0.1, 0.15) is 0 Å². The summed E-state index contributed by atoms with van der Waals surface area (Å²) < 4.78 is 5.77. The Morgan fingerprint density at radius 2 is 2.17 bits per heavy atom. The van der Waals surface area contributed by atoms with Crippen molar-refractivity contribution in [1.82, 2.24) is 4.90 Å². The molecule has 4 nitrogen and oxygen atoms in total. The van der Waals surface area contributed by atoms with Gasteiger partial charge in [-0.3, -0.25) is 4.79 Å². The van der Waals surface area contributed by atoms with Crippen LogP contribution in [0.5, 0.6) is 0 Å². The third kappa shape index (κ3) is 2.92. The second kappa shape index (κ2) is 5.27. The number of hydrogen-bond donors (Lipinski definition) is 1. The van der Waals surface area contributed by atoms with Crippen LogP contribution in [0.1, 0.15) is 16.1 Å². The highest BCUT2D eigenvalue weighted by atomic mass is 79.9. The van der Waals surface area contributed by atoms with Crippen molar-refractivity contribution in [3.63, 3.8) is 0 Å². The van der Waals surface area contributed by atoms with E-state index in [0.717, 1.165) is 5.56 Å². The van der Waals surface area contributed by atoms with E-state index in [2.05, 4.69) is 15.9 Å². The first-order chi connectivity index (χ1) is 8.56. The first-order valence-electron chi connectivity index (χ1n) is 5.41. The number of nitrogens with zero attached hydrogens (tertiary/aromatic N) is 1. The lowest BCUT2D eigenvalue weighted by Crippen LogP contribution is -2.25. The molecule has 1 aromatic carbocycles. The largest absolute Gasteiger partial charge is 0.444 e. The zero-order valence-corrected chi connectivity index (χ0v) is 11.5. The van der Waals surface area contributed by atoms with Crippen LogP contribution in [0.2, 0.25) is 0 Å². The Morgan fingerprint density at radius 1 is 1.39 bits per heavy atom. The minimum Gasteiger partial charge on any atom is -0.444 e. The molecule has 0 saturated carbocycles. The number of benzene rings is 1. The lowest BCUT2D eigenvalue weighted by atomic mass is 10.2. The van der Waals surface area contributed by atoms with Crippen LogP contribution in [0.25, 0.3) is 0 Å². The highest BCUT2D eigenvalue weighted by Crippen LogP contribution is 2.16. The van der Waals surface area contributed by atoms with Gasteiger partial charge < -0.3 is 15.1 Å². The topological polar surface area (TPSA) is 59.5 Å². The molecule has 2 N–H and O–H groups in total. The highest BCUT2D eigenvalue weighted by Gasteiger charge is 2.15. The molecule has 5 heteroatoms. The van der Waals surface area contributed by atoms with Gasteiger partial charge >= 0.3 is 0 Å². The normalized spacial score (nSPS) is 10.3. The third-order valence-corrected chi connectivity index (χ3v) is 2.93. The van der Waals surface area contributed by atoms with Crippen LogP contribution in [-0.4, -0.2) is 17.9 Å². The van der Waals surface area contributed by atoms with E-state index in [-0.39, 0.29) is 5.91 Å². The van der Waals surface area contributed by atoms with Gasteiger partial charge in [-0.05, 0) is 45.8 Å². The number of halogens is 1. The Kier molecular flexibility index (Phi) is 3.72. The molecule has 0 atom stereocenters. The first-order valence-corrected chi connectivity index (χ1v) is 6.21. The molecule has 1 heterocycles. The summed E-state index contributed by atoms with van der Waals surface area (Å²) in [6.45, 7) is 0.488. The summed E-state index contributed by atoms with van der Waals surface area (Å²) in [6, 6.07) is 10.8. The van der Waals surface area contributed by atoms with E-state index in [9.17, 15) is 4.79 Å². The minimum absolute atomic E-state index is 0.164. The van der Waals surface area contributed by atoms with E-state index >= 15 is 0 Å². The van der Waals surface area contributed by atoms with Crippen molar-refractivity contribution in [3.8, 4) is 0 Å². The summed E-state index contributed by atoms with van der Waals surface area (Å²) >= 11 is 3.17. The van der Waals surface area contributed by atoms with Crippen molar-refractivity contribution in [2.75, 3.05) is 12.8 Å². The molecule has 2 aromatic rings. The molecular weight excluding hydrogens is 296 g/mol. The van der Waals surface area contributed by atoms with E-state index in [1.807, 2.05) is 24.3 Å². The van der Waals surface area contributed by atoms with Crippen molar-refractivity contribution >= 4 is 27.5 Å². The Labute approximate surface area is 114 Å². The third-order valence-electron chi connectivity index (χ3n) is 2.50. The molecule has 1 amide bonds. The van der Waals surface area contributed by atoms with Crippen LogP contribution >= 0.6 is 15.9 Å². The van der Waals surface area contributed by atoms with E-state index in [0.29, 0.717) is 22.7 Å². The Hall–Kier alpha value is -1.75. The van der Waals surface area contributed by atoms with Crippen molar-refractivity contribution < 1.29 is 9.21 Å². The fourth-order valence-corrected chi connectivity index (χ4v) is 1.96. The molecule has 0 radical (unpaired) electrons. The number of carbonyl (C=O) groups is 1. The zero-order chi connectivity index (χ0) is 13.1. The summed E-state index contributed by atoms with van der Waals surface area (Å²) in [4.78, 5) is 13.6. The molecule has 0 aliphatic rings. The predicted octanol–water partition coefficient (Wildman–Crippen LogP) is 2.90. The number of hydrogen-bond acceptors (Lipinski definition) is 3. The van der Waals surface area contributed by atoms with E-state index in [4.69, 9.17) is 10.2 Å². The average molecular weight is 309 g/mol. The van der Waals surface area contributed by atoms with Crippen LogP contribution in [-0.2, 0) is 6.54 Å². The molecule has 0 spiro atoms. The summed E-state index contributed by atoms with van der Waals surface area (Å²) in [6.07, 6.45) is 0. The summed E-state index contributed by atoms with van der Waals surface area (Å²) in [5, 5.41) is 0. The highest BCUT2D eigenvalue weighted by molar-refractivity contribution is 9.10. The number of carbonyl (C=O) groups excluding carboxylic acids is 1. The van der Waals surface area contributed by atoms with Crippen LogP contribution in [0.15, 0.2) is 45.5 Å². The standard InChI is InChI=1S/C13H13BrN2O2/c1-16(8-9-3-2-4-10(15)7-9)13(17)11-5-6-12(14)18-11/h2-7H,8,15H2,1H3. The van der Waals surface area contributed by atoms with Gasteiger partial charge in [-0.15, -0.1) is 0 Å². The second-order valence-corrected chi connectivity index (χ2v) is 4.79. The van der Waals surface area contributed by atoms with Gasteiger partial charge in [-0.25, -0.2) is 0 Å². The monoisotopic (exact) mass is 308 g/mol. The number of furan rings is 1. The maximum absolute atomic E-state index is 12.0. The predicted molar refractivity (Wildman–Crippen MR) is 73.1 cm³/mol. The number of nitrogens with two attached hydrogens (primary N) is 1. The van der Waals surface area contributed by atoms with E-state index in [1.54, 1.807) is 24.1 Å². The molecule has 0 bridgehead atoms. The number of anilines is 1. The Bertz CT molecular complexity index is 566. The van der Waals surface area contributed by atoms with Gasteiger partial charge in [-0.2, -0.15) is 0 Å². The summed E-state index contributed by atoms with van der Waals surface area (Å²) in [5.74, 6) is 0.149. The van der Waals surface area contributed by atoms with Crippen molar-refractivity contribution in [2.24, 2.45) is 0 Å². The average Bonchev–Trinajstić information content (AvgIpc) is 2.75. The van der Waals surface area contributed by atoms with E-state index < -0.39 is 0 Å². The maximum atomic E-state index is 12.0. The molecule has 94 valence electrons. The maximum Gasteiger partial charge on any atom is 0.289 e. The molecule has 0 saturated heterocycles. The Balaban J connectivity index is 2.08. The SMILES string of the molecule is CN(Cc1cccc(N)c1)C(=O)c1ccc(Br)o1. The lowest BCUT2D eigenvalue weighted by Gasteiger charge is -2.15. The van der Waals surface area contributed by atoms with Crippen molar-refractivity contribution in [2.45, 2.75) is 6.54 Å². The van der Waals surface area contributed by atoms with Crippen LogP contribution in [0.3, 0.4) is 0 Å². The van der Waals surface area contributed by atoms with Gasteiger partial charge in [0.05, 0.1) is 0 Å². The summed E-state index contributed by atoms with van der Waals surface area (Å²) in [5.41, 5.74) is 7.37. The molecule has 0 aliphatic heterocycles. The number of amides is 1. The van der Waals surface area contributed by atoms with Crippen LogP contribution < -0.4 is 5.73 Å². The first kappa shape index (κ1) is 12.7. The number of nitrogen functional groups attached to an aromatic ring is 1. The fourth-order valence-electron chi connectivity index (χ4n) is 1.65. The van der Waals surface area contributed by atoms with Crippen molar-refractivity contribution in [1.29, 1.82) is 0 Å². The molecule has 0 fully saturated rings. The van der Waals surface area contributed by atoms with Gasteiger partial charge in [0, 0.05) is 19.3 Å².